The van der Waals surface area contributed by atoms with Crippen molar-refractivity contribution in [2.45, 2.75) is 59.3 Å². The molecule has 144 valence electrons. The maximum absolute atomic E-state index is 12.9. The minimum absolute atomic E-state index is 0.0440. The Morgan fingerprint density at radius 3 is 2.44 bits per heavy atom. The van der Waals surface area contributed by atoms with Gasteiger partial charge in [-0.3, -0.25) is 9.79 Å². The van der Waals surface area contributed by atoms with Gasteiger partial charge in [-0.15, -0.1) is 0 Å². The molecule has 1 aliphatic carbocycles. The van der Waals surface area contributed by atoms with E-state index >= 15 is 0 Å². The minimum Gasteiger partial charge on any atom is -0.299 e. The van der Waals surface area contributed by atoms with Crippen LogP contribution in [-0.4, -0.2) is 11.5 Å². The number of nitrogens with zero attached hydrogens (tertiary/aromatic N) is 1. The molecule has 1 aromatic carbocycles. The van der Waals surface area contributed by atoms with Gasteiger partial charge in [-0.05, 0) is 67.7 Å². The molecular weight excluding hydrogens is 330 g/mol. The number of hydrogen-bond acceptors (Lipinski definition) is 2. The molecule has 1 atom stereocenters. The highest BCUT2D eigenvalue weighted by molar-refractivity contribution is 5.84. The molecule has 2 rings (SSSR count). The predicted molar refractivity (Wildman–Crippen MR) is 117 cm³/mol. The van der Waals surface area contributed by atoms with Crippen LogP contribution in [0.5, 0.6) is 0 Å². The maximum atomic E-state index is 12.9. The SMILES string of the molecule is C=C/C(=C\N=C(C)C)CC(=O)C(CCC)Cc1ccc(C(=C)C2CC2)cc1. The van der Waals surface area contributed by atoms with E-state index in [1.54, 1.807) is 12.3 Å². The number of hydrogen-bond donors (Lipinski definition) is 0. The van der Waals surface area contributed by atoms with E-state index in [4.69, 9.17) is 0 Å². The Morgan fingerprint density at radius 2 is 1.93 bits per heavy atom. The lowest BCUT2D eigenvalue weighted by Gasteiger charge is -2.16. The molecular formula is C25H33NO. The summed E-state index contributed by atoms with van der Waals surface area (Å²) in [6, 6.07) is 8.65. The second kappa shape index (κ2) is 10.2. The molecule has 0 aromatic heterocycles. The number of benzene rings is 1. The highest BCUT2D eigenvalue weighted by Gasteiger charge is 2.25. The normalized spacial score (nSPS) is 15.1. The van der Waals surface area contributed by atoms with E-state index in [9.17, 15) is 4.79 Å². The Bertz CT molecular complexity index is 728. The molecule has 2 nitrogen and oxygen atoms in total. The second-order valence-electron chi connectivity index (χ2n) is 7.81. The highest BCUT2D eigenvalue weighted by atomic mass is 16.1. The molecule has 1 unspecified atom stereocenters. The number of aliphatic imine (C=N–C) groups is 1. The average molecular weight is 364 g/mol. The van der Waals surface area contributed by atoms with Gasteiger partial charge in [0.05, 0.1) is 0 Å². The lowest BCUT2D eigenvalue weighted by molar-refractivity contribution is -0.122. The molecule has 1 aliphatic rings. The van der Waals surface area contributed by atoms with Crippen molar-refractivity contribution in [1.82, 2.24) is 0 Å². The molecule has 0 aliphatic heterocycles. The van der Waals surface area contributed by atoms with Crippen LogP contribution in [0.1, 0.15) is 64.0 Å². The van der Waals surface area contributed by atoms with Crippen LogP contribution in [0.15, 0.2) is 60.3 Å². The standard InChI is InChI=1S/C25H33NO/c1-6-8-24(25(27)16-20(7-2)17-26-18(3)4)15-21-9-11-22(12-10-21)19(5)23-13-14-23/h7,9-12,17,23-24H,2,5-6,8,13-16H2,1,3-4H3/b20-17+. The Morgan fingerprint density at radius 1 is 1.26 bits per heavy atom. The van der Waals surface area contributed by atoms with Crippen LogP contribution >= 0.6 is 0 Å². The van der Waals surface area contributed by atoms with Crippen molar-refractivity contribution in [2.75, 3.05) is 0 Å². The van der Waals surface area contributed by atoms with Gasteiger partial charge < -0.3 is 0 Å². The first-order valence-corrected chi connectivity index (χ1v) is 10.1. The summed E-state index contributed by atoms with van der Waals surface area (Å²) in [6.07, 6.45) is 9.17. The summed E-state index contributed by atoms with van der Waals surface area (Å²) in [6.45, 7) is 14.1. The number of carbonyl (C=O) groups excluding carboxylic acids is 1. The zero-order valence-electron chi connectivity index (χ0n) is 17.1. The van der Waals surface area contributed by atoms with Crippen molar-refractivity contribution in [3.8, 4) is 0 Å². The molecule has 0 bridgehead atoms. The molecule has 1 fully saturated rings. The zero-order valence-corrected chi connectivity index (χ0v) is 17.1. The van der Waals surface area contributed by atoms with E-state index in [2.05, 4.69) is 49.3 Å². The summed E-state index contributed by atoms with van der Waals surface area (Å²) in [5.41, 5.74) is 5.58. The number of ketones is 1. The van der Waals surface area contributed by atoms with Gasteiger partial charge in [-0.2, -0.15) is 0 Å². The van der Waals surface area contributed by atoms with Crippen molar-refractivity contribution >= 4 is 17.1 Å². The Labute approximate surface area is 164 Å². The number of allylic oxidation sites excluding steroid dienone is 3. The molecule has 0 spiro atoms. The van der Waals surface area contributed by atoms with E-state index in [-0.39, 0.29) is 11.7 Å². The summed E-state index contributed by atoms with van der Waals surface area (Å²) in [5.74, 6) is 1.00. The van der Waals surface area contributed by atoms with Gasteiger partial charge in [-0.25, -0.2) is 0 Å². The predicted octanol–water partition coefficient (Wildman–Crippen LogP) is 6.58. The molecule has 0 amide bonds. The van der Waals surface area contributed by atoms with Crippen molar-refractivity contribution in [3.05, 3.63) is 66.4 Å². The Hall–Kier alpha value is -2.22. The molecule has 1 aromatic rings. The van der Waals surface area contributed by atoms with Gasteiger partial charge in [-0.1, -0.05) is 56.8 Å². The maximum Gasteiger partial charge on any atom is 0.140 e. The topological polar surface area (TPSA) is 29.4 Å². The molecule has 0 heterocycles. The monoisotopic (exact) mass is 363 g/mol. The molecule has 0 radical (unpaired) electrons. The molecule has 0 N–H and O–H groups in total. The molecule has 0 saturated heterocycles. The van der Waals surface area contributed by atoms with E-state index in [1.807, 2.05) is 13.8 Å². The smallest absolute Gasteiger partial charge is 0.140 e. The summed E-state index contributed by atoms with van der Waals surface area (Å²) in [7, 11) is 0. The fourth-order valence-electron chi connectivity index (χ4n) is 3.26. The largest absolute Gasteiger partial charge is 0.299 e. The first kappa shape index (κ1) is 21.1. The fraction of sp³-hybridized carbons (Fsp3) is 0.440. The van der Waals surface area contributed by atoms with Crippen LogP contribution in [0.25, 0.3) is 5.57 Å². The van der Waals surface area contributed by atoms with Crippen LogP contribution in [0, 0.1) is 11.8 Å². The lowest BCUT2D eigenvalue weighted by atomic mass is 9.88. The van der Waals surface area contributed by atoms with Crippen molar-refractivity contribution in [3.63, 3.8) is 0 Å². The van der Waals surface area contributed by atoms with Crippen LogP contribution in [0.4, 0.5) is 0 Å². The van der Waals surface area contributed by atoms with Gasteiger partial charge in [0.2, 0.25) is 0 Å². The van der Waals surface area contributed by atoms with Crippen LogP contribution in [-0.2, 0) is 11.2 Å². The fourth-order valence-corrected chi connectivity index (χ4v) is 3.26. The van der Waals surface area contributed by atoms with Gasteiger partial charge in [0.25, 0.3) is 0 Å². The second-order valence-corrected chi connectivity index (χ2v) is 7.81. The van der Waals surface area contributed by atoms with Crippen molar-refractivity contribution in [1.29, 1.82) is 0 Å². The molecule has 27 heavy (non-hydrogen) atoms. The third kappa shape index (κ3) is 6.78. The van der Waals surface area contributed by atoms with Gasteiger partial charge in [0, 0.05) is 24.3 Å². The van der Waals surface area contributed by atoms with Gasteiger partial charge in [0.15, 0.2) is 0 Å². The lowest BCUT2D eigenvalue weighted by Crippen LogP contribution is -2.17. The quantitative estimate of drug-likeness (QED) is 0.322. The summed E-state index contributed by atoms with van der Waals surface area (Å²) in [5, 5.41) is 0. The first-order valence-electron chi connectivity index (χ1n) is 10.1. The van der Waals surface area contributed by atoms with Crippen LogP contribution in [0.3, 0.4) is 0 Å². The van der Waals surface area contributed by atoms with Crippen LogP contribution in [0.2, 0.25) is 0 Å². The van der Waals surface area contributed by atoms with E-state index in [1.165, 1.54) is 29.5 Å². The third-order valence-electron chi connectivity index (χ3n) is 5.10. The number of rotatable bonds is 11. The Kier molecular flexibility index (Phi) is 7.97. The van der Waals surface area contributed by atoms with E-state index < -0.39 is 0 Å². The first-order chi connectivity index (χ1) is 12.9. The summed E-state index contributed by atoms with van der Waals surface area (Å²) in [4.78, 5) is 17.2. The highest BCUT2D eigenvalue weighted by Crippen LogP contribution is 2.40. The number of Topliss-reactive ketones (excluding diaryl/α,β-unsaturated/α-hetero) is 1. The molecule has 1 saturated carbocycles. The van der Waals surface area contributed by atoms with Gasteiger partial charge in [0.1, 0.15) is 5.78 Å². The third-order valence-corrected chi connectivity index (χ3v) is 5.10. The van der Waals surface area contributed by atoms with E-state index in [0.717, 1.165) is 30.5 Å². The average Bonchev–Trinajstić information content (AvgIpc) is 3.49. The zero-order chi connectivity index (χ0) is 19.8. The van der Waals surface area contributed by atoms with E-state index in [0.29, 0.717) is 12.3 Å². The van der Waals surface area contributed by atoms with Gasteiger partial charge >= 0.3 is 0 Å². The summed E-state index contributed by atoms with van der Waals surface area (Å²) < 4.78 is 0. The summed E-state index contributed by atoms with van der Waals surface area (Å²) >= 11 is 0. The molecule has 2 heteroatoms. The van der Waals surface area contributed by atoms with Crippen LogP contribution < -0.4 is 0 Å². The Balaban J connectivity index is 2.04. The van der Waals surface area contributed by atoms with Crippen molar-refractivity contribution in [2.24, 2.45) is 16.8 Å². The number of carbonyl (C=O) groups is 1. The van der Waals surface area contributed by atoms with Crippen molar-refractivity contribution < 1.29 is 4.79 Å². The minimum atomic E-state index is 0.0440.